The Kier molecular flexibility index (Phi) is 7.20. The third-order valence-corrected chi connectivity index (χ3v) is 7.81. The summed E-state index contributed by atoms with van der Waals surface area (Å²) in [5.41, 5.74) is 2.45. The molecule has 0 amide bonds. The number of allylic oxidation sites excluding steroid dienone is 1. The molecule has 6 rings (SSSR count). The summed E-state index contributed by atoms with van der Waals surface area (Å²) in [6, 6.07) is 3.17. The number of aliphatic imine (C=N–C) groups is 1. The molecule has 0 radical (unpaired) electrons. The maximum atomic E-state index is 15.5. The molecular weight excluding hydrogens is 544 g/mol. The Morgan fingerprint density at radius 1 is 1.15 bits per heavy atom. The van der Waals surface area contributed by atoms with Crippen molar-refractivity contribution in [3.05, 3.63) is 75.6 Å². The summed E-state index contributed by atoms with van der Waals surface area (Å²) in [5, 5.41) is 6.49. The number of hydrogen-bond donors (Lipinski definition) is 0. The molecule has 2 atom stereocenters. The highest BCUT2D eigenvalue weighted by Gasteiger charge is 2.38. The summed E-state index contributed by atoms with van der Waals surface area (Å²) in [5.74, 6) is -1.98. The van der Waals surface area contributed by atoms with Gasteiger partial charge in [0.15, 0.2) is 0 Å². The van der Waals surface area contributed by atoms with Crippen LogP contribution >= 0.6 is 0 Å². The predicted octanol–water partition coefficient (Wildman–Crippen LogP) is 2.96. The molecule has 3 aliphatic rings. The van der Waals surface area contributed by atoms with Crippen LogP contribution < -0.4 is 5.69 Å². The lowest BCUT2D eigenvalue weighted by molar-refractivity contribution is -0.157. The quantitative estimate of drug-likeness (QED) is 0.419. The summed E-state index contributed by atoms with van der Waals surface area (Å²) in [7, 11) is 1.69. The number of nitrogens with zero attached hydrogens (tertiary/aromatic N) is 8. The molecule has 1 fully saturated rings. The Hall–Kier alpha value is -3.91. The van der Waals surface area contributed by atoms with Gasteiger partial charge in [-0.1, -0.05) is 12.1 Å². The lowest BCUT2D eigenvalue weighted by atomic mass is 9.99. The lowest BCUT2D eigenvalue weighted by Gasteiger charge is -2.39. The second kappa shape index (κ2) is 10.8. The second-order valence-electron chi connectivity index (χ2n) is 10.4. The van der Waals surface area contributed by atoms with E-state index in [1.54, 1.807) is 23.9 Å². The highest BCUT2D eigenvalue weighted by atomic mass is 19.4. The number of halogens is 4. The smallest absolute Gasteiger partial charge is 0.413 e. The molecule has 1 saturated heterocycles. The van der Waals surface area contributed by atoms with Crippen molar-refractivity contribution in [2.45, 2.75) is 44.2 Å². The van der Waals surface area contributed by atoms with E-state index in [-0.39, 0.29) is 35.6 Å². The van der Waals surface area contributed by atoms with Gasteiger partial charge in [0.05, 0.1) is 29.9 Å². The average molecular weight is 573 g/mol. The van der Waals surface area contributed by atoms with E-state index in [0.717, 1.165) is 30.9 Å². The highest BCUT2D eigenvalue weighted by Crippen LogP contribution is 2.31. The highest BCUT2D eigenvalue weighted by molar-refractivity contribution is 6.08. The van der Waals surface area contributed by atoms with Crippen molar-refractivity contribution in [1.29, 1.82) is 0 Å². The Balaban J connectivity index is 1.11. The number of rotatable bonds is 6. The van der Waals surface area contributed by atoms with E-state index in [2.05, 4.69) is 30.0 Å². The van der Waals surface area contributed by atoms with Gasteiger partial charge < -0.3 is 4.42 Å². The van der Waals surface area contributed by atoms with Gasteiger partial charge >= 0.3 is 17.8 Å². The molecule has 0 aromatic carbocycles. The normalized spacial score (nSPS) is 22.0. The molecule has 0 bridgehead atoms. The van der Waals surface area contributed by atoms with E-state index in [1.165, 1.54) is 16.9 Å². The van der Waals surface area contributed by atoms with Gasteiger partial charge in [-0.2, -0.15) is 13.2 Å². The zero-order valence-corrected chi connectivity index (χ0v) is 22.3. The molecule has 0 N–H and O–H groups in total. The minimum atomic E-state index is -4.73. The van der Waals surface area contributed by atoms with Crippen LogP contribution in [-0.4, -0.2) is 78.6 Å². The van der Waals surface area contributed by atoms with Crippen LogP contribution in [0.2, 0.25) is 0 Å². The van der Waals surface area contributed by atoms with Gasteiger partial charge in [0.2, 0.25) is 5.89 Å². The summed E-state index contributed by atoms with van der Waals surface area (Å²) in [6.45, 7) is 4.04. The first-order valence-corrected chi connectivity index (χ1v) is 13.3. The zero-order chi connectivity index (χ0) is 28.7. The molecular formula is C27H28F4N8O2. The largest absolute Gasteiger partial charge is 0.470 e. The van der Waals surface area contributed by atoms with Crippen LogP contribution in [0.4, 0.5) is 17.6 Å². The summed E-state index contributed by atoms with van der Waals surface area (Å²) in [4.78, 5) is 26.2. The topological polar surface area (TPSA) is 97.6 Å². The van der Waals surface area contributed by atoms with Gasteiger partial charge in [0, 0.05) is 70.5 Å². The van der Waals surface area contributed by atoms with Crippen molar-refractivity contribution in [2.24, 2.45) is 12.0 Å². The minimum Gasteiger partial charge on any atom is -0.413 e. The van der Waals surface area contributed by atoms with Gasteiger partial charge in [-0.25, -0.2) is 9.18 Å². The minimum absolute atomic E-state index is 0.196. The number of pyridine rings is 1. The average Bonchev–Trinajstić information content (AvgIpc) is 3.55. The van der Waals surface area contributed by atoms with E-state index >= 15 is 4.39 Å². The summed E-state index contributed by atoms with van der Waals surface area (Å²) >= 11 is 0. The fourth-order valence-electron chi connectivity index (χ4n) is 5.59. The van der Waals surface area contributed by atoms with Crippen LogP contribution in [0.5, 0.6) is 0 Å². The molecule has 216 valence electrons. The van der Waals surface area contributed by atoms with Crippen LogP contribution in [-0.2, 0) is 32.7 Å². The van der Waals surface area contributed by atoms with Crippen LogP contribution in [0.3, 0.4) is 0 Å². The van der Waals surface area contributed by atoms with Crippen molar-refractivity contribution in [3.8, 4) is 0 Å². The van der Waals surface area contributed by atoms with Crippen molar-refractivity contribution in [1.82, 2.24) is 34.1 Å². The second-order valence-corrected chi connectivity index (χ2v) is 10.4. The first kappa shape index (κ1) is 27.3. The molecule has 3 aromatic heterocycles. The van der Waals surface area contributed by atoms with Gasteiger partial charge in [0.1, 0.15) is 5.83 Å². The number of dihydropyridines is 1. The van der Waals surface area contributed by atoms with E-state index in [4.69, 9.17) is 4.42 Å². The van der Waals surface area contributed by atoms with E-state index in [1.807, 2.05) is 18.3 Å². The number of aromatic nitrogens is 5. The fraction of sp³-hybridized carbons (Fsp3) is 0.444. The van der Waals surface area contributed by atoms with Crippen LogP contribution in [0.1, 0.15) is 35.2 Å². The molecule has 3 aromatic rings. The zero-order valence-electron chi connectivity index (χ0n) is 22.3. The van der Waals surface area contributed by atoms with Gasteiger partial charge in [-0.15, -0.1) is 10.2 Å². The monoisotopic (exact) mass is 572 g/mol. The van der Waals surface area contributed by atoms with E-state index in [9.17, 15) is 18.0 Å². The lowest BCUT2D eigenvalue weighted by Crippen LogP contribution is -2.51. The fourth-order valence-corrected chi connectivity index (χ4v) is 5.59. The van der Waals surface area contributed by atoms with E-state index in [0.29, 0.717) is 31.6 Å². The van der Waals surface area contributed by atoms with Crippen molar-refractivity contribution in [3.63, 3.8) is 0 Å². The maximum Gasteiger partial charge on any atom is 0.470 e. The van der Waals surface area contributed by atoms with Crippen LogP contribution in [0.25, 0.3) is 11.6 Å². The van der Waals surface area contributed by atoms with E-state index < -0.39 is 18.1 Å². The number of imidazole rings is 1. The summed E-state index contributed by atoms with van der Waals surface area (Å²) < 4.78 is 61.6. The molecule has 2 aliphatic heterocycles. The Bertz CT molecular complexity index is 1560. The number of hydrogen-bond acceptors (Lipinski definition) is 8. The maximum absolute atomic E-state index is 15.5. The number of alkyl halides is 3. The van der Waals surface area contributed by atoms with Gasteiger partial charge in [-0.3, -0.25) is 28.9 Å². The Morgan fingerprint density at radius 3 is 2.61 bits per heavy atom. The predicted molar refractivity (Wildman–Crippen MR) is 142 cm³/mol. The third-order valence-electron chi connectivity index (χ3n) is 7.81. The van der Waals surface area contributed by atoms with Crippen molar-refractivity contribution >= 4 is 17.9 Å². The standard InChI is InChI=1S/C27H28F4N8O2/c1-36-22-12-21(38-9-7-37(8-10-38)15-17-3-2-6-32-13-17)20(28)11-23(22)39(26(36)40)16-19-5-4-18(14-33-19)24-34-35-25(41-24)27(29,30)31/h2-4,6,11,13-14,19,21H,5,7-10,12,15-16H2,1H3. The molecule has 0 saturated carbocycles. The van der Waals surface area contributed by atoms with Crippen LogP contribution in [0, 0.1) is 0 Å². The molecule has 0 spiro atoms. The summed E-state index contributed by atoms with van der Waals surface area (Å²) in [6.07, 6.45) is 4.06. The molecule has 5 heterocycles. The molecule has 2 unspecified atom stereocenters. The van der Waals surface area contributed by atoms with Crippen molar-refractivity contribution in [2.75, 3.05) is 26.2 Å². The van der Waals surface area contributed by atoms with Gasteiger partial charge in [-0.05, 0) is 24.1 Å². The van der Waals surface area contributed by atoms with Crippen LogP contribution in [0.15, 0.2) is 50.6 Å². The number of fused-ring (bicyclic) bond motifs is 1. The molecule has 1 aliphatic carbocycles. The molecule has 14 heteroatoms. The van der Waals surface area contributed by atoms with Crippen molar-refractivity contribution < 1.29 is 22.0 Å². The van der Waals surface area contributed by atoms with Gasteiger partial charge in [0.25, 0.3) is 0 Å². The molecule has 10 nitrogen and oxygen atoms in total. The first-order chi connectivity index (χ1) is 19.7. The Labute approximate surface area is 232 Å². The molecule has 41 heavy (non-hydrogen) atoms. The first-order valence-electron chi connectivity index (χ1n) is 13.3. The third kappa shape index (κ3) is 5.53. The number of piperazine rings is 1. The SMILES string of the molecule is Cn1c2c(n(CC3CC=C(c4nnc(C(F)(F)F)o4)C=N3)c1=O)C=C(F)C(N1CCN(Cc3cccnc3)CC1)C2. The Morgan fingerprint density at radius 2 is 1.95 bits per heavy atom.